The summed E-state index contributed by atoms with van der Waals surface area (Å²) in [6.07, 6.45) is -4.64. The molecule has 0 radical (unpaired) electrons. The lowest BCUT2D eigenvalue weighted by atomic mass is 10.3. The number of rotatable bonds is 3. The molecule has 0 atom stereocenters. The van der Waals surface area contributed by atoms with Crippen LogP contribution in [0, 0.1) is 13.8 Å². The molecule has 8 nitrogen and oxygen atoms in total. The highest BCUT2D eigenvalue weighted by Gasteiger charge is 2.37. The van der Waals surface area contributed by atoms with Crippen LogP contribution in [0.1, 0.15) is 37.2 Å². The third kappa shape index (κ3) is 3.01. The summed E-state index contributed by atoms with van der Waals surface area (Å²) >= 11 is 0. The Morgan fingerprint density at radius 3 is 2.24 bits per heavy atom. The van der Waals surface area contributed by atoms with Crippen LogP contribution >= 0.6 is 0 Å². The molecule has 3 rings (SSSR count). The van der Waals surface area contributed by atoms with Crippen molar-refractivity contribution >= 4 is 0 Å². The maximum Gasteiger partial charge on any atom is 0.453 e. The van der Waals surface area contributed by atoms with Crippen molar-refractivity contribution in [1.29, 1.82) is 0 Å². The van der Waals surface area contributed by atoms with E-state index in [1.807, 2.05) is 25.5 Å². The average Bonchev–Trinajstić information content (AvgIpc) is 3.14. The van der Waals surface area contributed by atoms with Gasteiger partial charge in [0.25, 0.3) is 11.8 Å². The lowest BCUT2D eigenvalue weighted by Crippen LogP contribution is -2.09. The first-order valence-corrected chi connectivity index (χ1v) is 7.56. The lowest BCUT2D eigenvalue weighted by molar-refractivity contribution is -0.144. The first-order chi connectivity index (χ1) is 11.6. The normalized spacial score (nSPS) is 12.4. The number of nitrogens with zero attached hydrogens (tertiary/aromatic N) is 8. The number of halogens is 3. The molecule has 0 aliphatic heterocycles. The summed E-state index contributed by atoms with van der Waals surface area (Å²) in [5.41, 5.74) is 1.41. The Bertz CT molecular complexity index is 915. The van der Waals surface area contributed by atoms with Crippen LogP contribution in [0.3, 0.4) is 0 Å². The van der Waals surface area contributed by atoms with Gasteiger partial charge in [0.2, 0.25) is 0 Å². The minimum atomic E-state index is -4.64. The van der Waals surface area contributed by atoms with E-state index in [9.17, 15) is 13.2 Å². The molecule has 11 heteroatoms. The van der Waals surface area contributed by atoms with Gasteiger partial charge in [-0.1, -0.05) is 0 Å². The fraction of sp³-hybridized carbons (Fsp3) is 0.500. The lowest BCUT2D eigenvalue weighted by Gasteiger charge is -2.07. The zero-order valence-electron chi connectivity index (χ0n) is 14.4. The second-order valence-electron chi connectivity index (χ2n) is 5.96. The molecule has 0 saturated heterocycles. The molecular formula is C14H17F3N8. The Morgan fingerprint density at radius 2 is 1.72 bits per heavy atom. The van der Waals surface area contributed by atoms with Gasteiger partial charge in [-0.2, -0.15) is 27.9 Å². The first kappa shape index (κ1) is 17.1. The Kier molecular flexibility index (Phi) is 3.88. The van der Waals surface area contributed by atoms with Gasteiger partial charge in [-0.15, -0.1) is 10.2 Å². The van der Waals surface area contributed by atoms with Gasteiger partial charge >= 0.3 is 6.18 Å². The van der Waals surface area contributed by atoms with Gasteiger partial charge in [-0.25, -0.2) is 9.67 Å². The third-order valence-electron chi connectivity index (χ3n) is 3.54. The van der Waals surface area contributed by atoms with E-state index in [0.29, 0.717) is 17.3 Å². The molecule has 3 aromatic heterocycles. The van der Waals surface area contributed by atoms with Crippen molar-refractivity contribution in [3.63, 3.8) is 0 Å². The number of aryl methyl sites for hydroxylation is 3. The minimum absolute atomic E-state index is 0.0836. The van der Waals surface area contributed by atoms with Gasteiger partial charge in [0.15, 0.2) is 5.82 Å². The standard InChI is InChI=1S/C14H17F3N8/c1-7(2)24-8(3)6-10(21-24)11-18-9(4)20-25(11)13-19-12(14(15,16)17)22-23(13)5/h6-7H,1-5H3. The fourth-order valence-electron chi connectivity index (χ4n) is 2.52. The predicted octanol–water partition coefficient (Wildman–Crippen LogP) is 2.48. The summed E-state index contributed by atoms with van der Waals surface area (Å²) in [5, 5.41) is 12.1. The molecule has 0 aliphatic carbocycles. The molecule has 0 aromatic carbocycles. The summed E-state index contributed by atoms with van der Waals surface area (Å²) in [7, 11) is 1.37. The van der Waals surface area contributed by atoms with Crippen LogP contribution in [0.4, 0.5) is 13.2 Å². The van der Waals surface area contributed by atoms with Crippen molar-refractivity contribution in [3.05, 3.63) is 23.4 Å². The van der Waals surface area contributed by atoms with Gasteiger partial charge < -0.3 is 0 Å². The van der Waals surface area contributed by atoms with E-state index in [1.54, 1.807) is 13.0 Å². The van der Waals surface area contributed by atoms with Crippen molar-refractivity contribution in [1.82, 2.24) is 39.3 Å². The molecule has 0 bridgehead atoms. The highest BCUT2D eigenvalue weighted by atomic mass is 19.4. The molecule has 0 spiro atoms. The van der Waals surface area contributed by atoms with Crippen LogP contribution in [0.15, 0.2) is 6.07 Å². The molecule has 25 heavy (non-hydrogen) atoms. The van der Waals surface area contributed by atoms with Crippen LogP contribution in [0.5, 0.6) is 0 Å². The predicted molar refractivity (Wildman–Crippen MR) is 82.0 cm³/mol. The molecule has 3 heterocycles. The second-order valence-corrected chi connectivity index (χ2v) is 5.96. The summed E-state index contributed by atoms with van der Waals surface area (Å²) in [6, 6.07) is 1.94. The van der Waals surface area contributed by atoms with Gasteiger partial charge in [0, 0.05) is 18.8 Å². The second kappa shape index (κ2) is 5.67. The van der Waals surface area contributed by atoms with E-state index in [2.05, 4.69) is 25.3 Å². The minimum Gasteiger partial charge on any atom is -0.267 e. The molecule has 0 unspecified atom stereocenters. The summed E-state index contributed by atoms with van der Waals surface area (Å²) in [6.45, 7) is 7.51. The molecule has 0 N–H and O–H groups in total. The van der Waals surface area contributed by atoms with E-state index in [0.717, 1.165) is 10.4 Å². The Labute approximate surface area is 141 Å². The number of hydrogen-bond donors (Lipinski definition) is 0. The Morgan fingerprint density at radius 1 is 1.04 bits per heavy atom. The zero-order valence-corrected chi connectivity index (χ0v) is 14.4. The molecule has 134 valence electrons. The molecular weight excluding hydrogens is 337 g/mol. The fourth-order valence-corrected chi connectivity index (χ4v) is 2.52. The largest absolute Gasteiger partial charge is 0.453 e. The van der Waals surface area contributed by atoms with Crippen molar-refractivity contribution in [2.75, 3.05) is 0 Å². The Balaban J connectivity index is 2.15. The van der Waals surface area contributed by atoms with Crippen molar-refractivity contribution < 1.29 is 13.2 Å². The molecule has 0 saturated carbocycles. The van der Waals surface area contributed by atoms with E-state index in [4.69, 9.17) is 0 Å². The number of hydrogen-bond acceptors (Lipinski definition) is 5. The summed E-state index contributed by atoms with van der Waals surface area (Å²) in [5.74, 6) is -0.611. The molecule has 0 amide bonds. The quantitative estimate of drug-likeness (QED) is 0.722. The van der Waals surface area contributed by atoms with Crippen LogP contribution in [0.2, 0.25) is 0 Å². The molecule has 3 aromatic rings. The number of aromatic nitrogens is 8. The summed E-state index contributed by atoms with van der Waals surface area (Å²) in [4.78, 5) is 7.87. The van der Waals surface area contributed by atoms with Crippen LogP contribution < -0.4 is 0 Å². The van der Waals surface area contributed by atoms with Crippen molar-refractivity contribution in [2.45, 2.75) is 39.9 Å². The molecule has 0 aliphatic rings. The Hall–Kier alpha value is -2.72. The van der Waals surface area contributed by atoms with E-state index in [-0.39, 0.29) is 12.0 Å². The highest BCUT2D eigenvalue weighted by Crippen LogP contribution is 2.28. The maximum atomic E-state index is 12.9. The highest BCUT2D eigenvalue weighted by molar-refractivity contribution is 5.52. The van der Waals surface area contributed by atoms with E-state index in [1.165, 1.54) is 11.7 Å². The van der Waals surface area contributed by atoms with Gasteiger partial charge in [-0.05, 0) is 33.8 Å². The SMILES string of the molecule is Cc1nc(-c2cc(C)n(C(C)C)n2)n(-c2nc(C(F)(F)F)nn2C)n1. The van der Waals surface area contributed by atoms with Crippen LogP contribution in [-0.4, -0.2) is 39.3 Å². The van der Waals surface area contributed by atoms with E-state index >= 15 is 0 Å². The average molecular weight is 354 g/mol. The smallest absolute Gasteiger partial charge is 0.267 e. The van der Waals surface area contributed by atoms with Crippen LogP contribution in [-0.2, 0) is 13.2 Å². The van der Waals surface area contributed by atoms with Crippen molar-refractivity contribution in [3.8, 4) is 17.5 Å². The van der Waals surface area contributed by atoms with Crippen molar-refractivity contribution in [2.24, 2.45) is 7.05 Å². The van der Waals surface area contributed by atoms with Gasteiger partial charge in [0.1, 0.15) is 11.5 Å². The maximum absolute atomic E-state index is 12.9. The topological polar surface area (TPSA) is 79.2 Å². The zero-order chi connectivity index (χ0) is 18.5. The first-order valence-electron chi connectivity index (χ1n) is 7.56. The van der Waals surface area contributed by atoms with Crippen LogP contribution in [0.25, 0.3) is 17.5 Å². The van der Waals surface area contributed by atoms with Gasteiger partial charge in [0.05, 0.1) is 0 Å². The monoisotopic (exact) mass is 354 g/mol. The third-order valence-corrected chi connectivity index (χ3v) is 3.54. The summed E-state index contributed by atoms with van der Waals surface area (Å²) < 4.78 is 42.7. The number of alkyl halides is 3. The van der Waals surface area contributed by atoms with Gasteiger partial charge in [-0.3, -0.25) is 4.68 Å². The molecule has 0 fully saturated rings. The van der Waals surface area contributed by atoms with E-state index < -0.39 is 12.0 Å².